The Labute approximate surface area is 526 Å². The summed E-state index contributed by atoms with van der Waals surface area (Å²) in [5, 5.41) is 28.6. The minimum atomic E-state index is -0.993. The van der Waals surface area contributed by atoms with Gasteiger partial charge in [0.1, 0.15) is 23.6 Å². The Bertz CT molecular complexity index is 3680. The van der Waals surface area contributed by atoms with Crippen molar-refractivity contribution in [3.63, 3.8) is 0 Å². The lowest BCUT2D eigenvalue weighted by molar-refractivity contribution is -0.137. The number of thioether (sulfide) groups is 2. The molecule has 0 saturated carbocycles. The second-order valence-corrected chi connectivity index (χ2v) is 23.3. The summed E-state index contributed by atoms with van der Waals surface area (Å²) in [7, 11) is 4.90. The highest BCUT2D eigenvalue weighted by Gasteiger charge is 2.34. The minimum Gasteiger partial charge on any atom is -0.508 e. The monoisotopic (exact) mass is 1250 g/mol. The molecule has 6 aromatic rings. The largest absolute Gasteiger partial charge is 0.508 e. The molecule has 1 aliphatic heterocycles. The van der Waals surface area contributed by atoms with Crippen LogP contribution in [0.25, 0.3) is 22.3 Å². The molecule has 23 heteroatoms. The molecule has 9 rings (SSSR count). The topological polar surface area (TPSA) is 279 Å². The summed E-state index contributed by atoms with van der Waals surface area (Å²) in [5.41, 5.74) is 13.2. The van der Waals surface area contributed by atoms with Crippen molar-refractivity contribution >= 4 is 54.3 Å². The SMILES string of the molecule is COc1c(OC(=O)C(Cc2ccc(OC3CCCCO3)cc2)NB(C)O)cc2c(c1OC)-c1ccc(SC)c(=O)cc1[C@@H](NC(C)=O)CC2.COc1c(OC(=O)C(N)Cc2ccc(O)cc2)cc2c(c1OC)-c1ccc(SC)c(=O)cc1[C@@H](NC(C)=O)CC2. The highest BCUT2D eigenvalue weighted by atomic mass is 32.2. The van der Waals surface area contributed by atoms with E-state index in [0.717, 1.165) is 41.5 Å². The molecule has 470 valence electrons. The van der Waals surface area contributed by atoms with E-state index in [4.69, 9.17) is 43.6 Å². The van der Waals surface area contributed by atoms with Crippen LogP contribution in [0.1, 0.15) is 91.4 Å². The lowest BCUT2D eigenvalue weighted by atomic mass is 9.86. The van der Waals surface area contributed by atoms with E-state index in [1.807, 2.05) is 48.9 Å². The summed E-state index contributed by atoms with van der Waals surface area (Å²) in [6.45, 7) is 5.10. The van der Waals surface area contributed by atoms with Crippen LogP contribution in [0, 0.1) is 0 Å². The second-order valence-electron chi connectivity index (χ2n) is 21.6. The number of nitrogens with one attached hydrogen (secondary N) is 3. The Morgan fingerprint density at radius 3 is 1.55 bits per heavy atom. The zero-order valence-electron chi connectivity index (χ0n) is 51.3. The van der Waals surface area contributed by atoms with Crippen molar-refractivity contribution < 1.29 is 67.2 Å². The standard InChI is InChI=1S/C36H43BN2O9S.C30H32N2O7S/c1-21(40)38-27-15-11-23-19-30(34(44-3)35(45-4)33(23)25-14-16-31(49-5)29(41)20-26(25)27)48-36(42)28(39-37(2)43)18-22-9-12-24(13-10-22)47-32-8-6-7-17-46-32;1-16(33)32-23-11-7-18-14-25(39-30(36)22(31)13-17-5-8-19(34)9-6-17)28(37-2)29(38-3)27(18)20-10-12-26(40-4)24(35)15-21(20)23/h9-10,12-14,16,19-20,27-28,32,39,43H,6-8,11,15,17-18H2,1-5H3,(H,38,40);5-6,8-10,12,14-15,22-23,34H,7,11,13,31H2,1-4H3,(H,32,33)/t27-,28?,32?;22?,23-/m00/s1. The van der Waals surface area contributed by atoms with Gasteiger partial charge in [-0.3, -0.25) is 19.2 Å². The number of fused-ring (bicyclic) bond motifs is 6. The Balaban J connectivity index is 0.000000235. The van der Waals surface area contributed by atoms with Gasteiger partial charge in [-0.1, -0.05) is 36.4 Å². The first kappa shape index (κ1) is 66.9. The number of phenolic OH excluding ortho intramolecular Hbond substituents is 1. The first-order valence-electron chi connectivity index (χ1n) is 29.1. The first-order valence-corrected chi connectivity index (χ1v) is 31.6. The maximum atomic E-state index is 13.8. The Hall–Kier alpha value is -8.06. The number of ether oxygens (including phenoxy) is 8. The fourth-order valence-electron chi connectivity index (χ4n) is 11.3. The van der Waals surface area contributed by atoms with E-state index in [0.29, 0.717) is 92.7 Å². The molecule has 1 fully saturated rings. The van der Waals surface area contributed by atoms with Crippen molar-refractivity contribution in [3.8, 4) is 68.2 Å². The van der Waals surface area contributed by atoms with Gasteiger partial charge >= 0.3 is 19.0 Å². The molecule has 1 heterocycles. The van der Waals surface area contributed by atoms with Crippen LogP contribution in [-0.2, 0) is 49.6 Å². The van der Waals surface area contributed by atoms with Gasteiger partial charge in [-0.15, -0.1) is 23.5 Å². The van der Waals surface area contributed by atoms with Crippen LogP contribution in [0.5, 0.6) is 46.0 Å². The normalized spacial score (nSPS) is 16.2. The molecule has 89 heavy (non-hydrogen) atoms. The molecule has 2 aliphatic carbocycles. The molecule has 5 atom stereocenters. The third kappa shape index (κ3) is 16.4. The molecule has 0 radical (unpaired) electrons. The van der Waals surface area contributed by atoms with E-state index in [1.54, 1.807) is 48.5 Å². The quantitative estimate of drug-likeness (QED) is 0.0181. The third-order valence-corrected chi connectivity index (χ3v) is 16.9. The molecule has 0 spiro atoms. The first-order chi connectivity index (χ1) is 42.8. The van der Waals surface area contributed by atoms with E-state index in [2.05, 4.69) is 15.9 Å². The summed E-state index contributed by atoms with van der Waals surface area (Å²) in [6.07, 6.45) is 8.72. The van der Waals surface area contributed by atoms with Crippen LogP contribution >= 0.6 is 23.5 Å². The summed E-state index contributed by atoms with van der Waals surface area (Å²) < 4.78 is 46.6. The lowest BCUT2D eigenvalue weighted by Gasteiger charge is -2.24. The molecule has 7 N–H and O–H groups in total. The number of carbonyl (C=O) groups is 4. The number of aromatic hydroxyl groups is 1. The van der Waals surface area contributed by atoms with Gasteiger partial charge in [0.15, 0.2) is 40.1 Å². The molecule has 20 nitrogen and oxygen atoms in total. The maximum absolute atomic E-state index is 13.8. The lowest BCUT2D eigenvalue weighted by Crippen LogP contribution is -2.47. The number of carbonyl (C=O) groups excluding carboxylic acids is 4. The number of rotatable bonds is 20. The number of benzene rings is 4. The van der Waals surface area contributed by atoms with Crippen LogP contribution in [0.15, 0.2) is 116 Å². The van der Waals surface area contributed by atoms with Gasteiger partial charge in [0.05, 0.1) is 56.9 Å². The summed E-state index contributed by atoms with van der Waals surface area (Å²) >= 11 is 2.68. The maximum Gasteiger partial charge on any atom is 0.374 e. The van der Waals surface area contributed by atoms with E-state index < -0.39 is 43.2 Å². The molecule has 0 bridgehead atoms. The van der Waals surface area contributed by atoms with Gasteiger partial charge in [-0.2, -0.15) is 0 Å². The second kappa shape index (κ2) is 30.9. The van der Waals surface area contributed by atoms with Gasteiger partial charge < -0.3 is 69.6 Å². The average Bonchev–Trinajstić information content (AvgIpc) is 1.78. The number of nitrogens with two attached hydrogens (primary N) is 1. The fraction of sp³-hybridized carbons (Fsp3) is 0.364. The third-order valence-electron chi connectivity index (χ3n) is 15.4. The van der Waals surface area contributed by atoms with E-state index in [-0.39, 0.29) is 70.6 Å². The fourth-order valence-corrected chi connectivity index (χ4v) is 12.2. The Morgan fingerprint density at radius 2 is 1.11 bits per heavy atom. The molecule has 1 saturated heterocycles. The predicted octanol–water partition coefficient (Wildman–Crippen LogP) is 8.46. The molecule has 6 aromatic carbocycles. The number of aryl methyl sites for hydroxylation is 2. The van der Waals surface area contributed by atoms with Crippen molar-refractivity contribution in [2.75, 3.05) is 47.6 Å². The molecule has 0 aromatic heterocycles. The molecular weight excluding hydrogens is 1180 g/mol. The number of amides is 2. The Kier molecular flexibility index (Phi) is 23.2. The van der Waals surface area contributed by atoms with Gasteiger partial charge in [-0.05, 0) is 176 Å². The predicted molar refractivity (Wildman–Crippen MR) is 342 cm³/mol. The van der Waals surface area contributed by atoms with E-state index in [9.17, 15) is 38.9 Å². The van der Waals surface area contributed by atoms with Crippen molar-refractivity contribution in [1.82, 2.24) is 15.9 Å². The van der Waals surface area contributed by atoms with Gasteiger partial charge in [0.25, 0.3) is 0 Å². The van der Waals surface area contributed by atoms with Crippen LogP contribution in [0.2, 0.25) is 6.82 Å². The zero-order chi connectivity index (χ0) is 64.1. The number of methoxy groups -OCH3 is 4. The van der Waals surface area contributed by atoms with Crippen molar-refractivity contribution in [2.45, 2.75) is 119 Å². The van der Waals surface area contributed by atoms with Crippen LogP contribution in [0.3, 0.4) is 0 Å². The number of hydrogen-bond acceptors (Lipinski definition) is 20. The van der Waals surface area contributed by atoms with E-state index in [1.165, 1.54) is 84.8 Å². The number of phenols is 1. The molecule has 3 unspecified atom stereocenters. The van der Waals surface area contributed by atoms with Gasteiger partial charge in [0.2, 0.25) is 23.3 Å². The summed E-state index contributed by atoms with van der Waals surface area (Å²) in [5.74, 6) is 0.423. The van der Waals surface area contributed by atoms with Gasteiger partial charge in [0, 0.05) is 31.4 Å². The molecule has 3 aliphatic rings. The van der Waals surface area contributed by atoms with Crippen molar-refractivity contribution in [2.24, 2.45) is 5.73 Å². The number of hydrogen-bond donors (Lipinski definition) is 6. The minimum absolute atomic E-state index is 0.119. The van der Waals surface area contributed by atoms with E-state index >= 15 is 0 Å². The molecular formula is C66H75BN4O16S2. The van der Waals surface area contributed by atoms with Gasteiger partial charge in [-0.25, -0.2) is 9.59 Å². The summed E-state index contributed by atoms with van der Waals surface area (Å²) in [4.78, 5) is 78.3. The van der Waals surface area contributed by atoms with Crippen molar-refractivity contribution in [3.05, 3.63) is 151 Å². The number of esters is 2. The Morgan fingerprint density at radius 1 is 0.640 bits per heavy atom. The zero-order valence-corrected chi connectivity index (χ0v) is 52.9. The highest BCUT2D eigenvalue weighted by molar-refractivity contribution is 7.98. The van der Waals surface area contributed by atoms with Crippen LogP contribution < -0.4 is 65.6 Å². The smallest absolute Gasteiger partial charge is 0.374 e. The molecule has 2 amide bonds. The highest BCUT2D eigenvalue weighted by Crippen LogP contribution is 2.52. The van der Waals surface area contributed by atoms with Crippen molar-refractivity contribution in [1.29, 1.82) is 0 Å². The summed E-state index contributed by atoms with van der Waals surface area (Å²) in [6, 6.07) is 24.9. The van der Waals surface area contributed by atoms with Crippen LogP contribution in [-0.4, -0.2) is 107 Å². The average molecular weight is 1260 g/mol. The van der Waals surface area contributed by atoms with Crippen LogP contribution in [0.4, 0.5) is 0 Å².